The van der Waals surface area contributed by atoms with Gasteiger partial charge in [-0.3, -0.25) is 0 Å². The van der Waals surface area contributed by atoms with E-state index in [4.69, 9.17) is 52.1 Å². The minimum Gasteiger partial charge on any atom is -0.449 e. The summed E-state index contributed by atoms with van der Waals surface area (Å²) in [4.78, 5) is 25.6. The second-order valence-corrected chi connectivity index (χ2v) is 14.0. The van der Waals surface area contributed by atoms with Crippen molar-refractivity contribution in [2.45, 2.75) is 38.7 Å². The van der Waals surface area contributed by atoms with Crippen LogP contribution in [-0.4, -0.2) is 168 Å². The number of likely N-dealkylation sites (N-methyl/N-ethyl adjacent to an activating group) is 1. The Kier molecular flexibility index (Phi) is 25.1. The number of hydrogen-bond acceptors (Lipinski definition) is 13. The third kappa shape index (κ3) is 21.8. The van der Waals surface area contributed by atoms with E-state index in [1.54, 1.807) is 7.05 Å². The molecule has 2 aromatic carbocycles. The molecule has 0 atom stereocenters. The summed E-state index contributed by atoms with van der Waals surface area (Å²) in [6.45, 7) is 15.2. The smallest absolute Gasteiger partial charge is 0.410 e. The van der Waals surface area contributed by atoms with Gasteiger partial charge >= 0.3 is 12.2 Å². The number of fused-ring (bicyclic) bond motifs is 3. The fraction of sp³-hybridized carbons (Fsp3) is 0.667. The van der Waals surface area contributed by atoms with E-state index in [9.17, 15) is 9.59 Å². The zero-order valence-corrected chi connectivity index (χ0v) is 34.5. The van der Waals surface area contributed by atoms with Gasteiger partial charge in [-0.15, -0.1) is 0 Å². The lowest BCUT2D eigenvalue weighted by Gasteiger charge is -2.24. The molecule has 3 rings (SSSR count). The molecular formula is C42H66N2O13. The fourth-order valence-corrected chi connectivity index (χ4v) is 5.51. The molecule has 1 N–H and O–H groups in total. The van der Waals surface area contributed by atoms with Crippen LogP contribution in [0.15, 0.2) is 48.5 Å². The van der Waals surface area contributed by atoms with E-state index in [0.29, 0.717) is 145 Å². The van der Waals surface area contributed by atoms with Crippen LogP contribution in [0, 0.1) is 0 Å². The molecule has 2 amide bonds. The number of rotatable bonds is 33. The van der Waals surface area contributed by atoms with Crippen LogP contribution in [0.5, 0.6) is 0 Å². The van der Waals surface area contributed by atoms with Gasteiger partial charge in [0.2, 0.25) is 0 Å². The molecule has 0 aromatic heterocycles. The summed E-state index contributed by atoms with van der Waals surface area (Å²) in [6, 6.07) is 16.6. The van der Waals surface area contributed by atoms with Crippen molar-refractivity contribution < 1.29 is 61.7 Å². The van der Waals surface area contributed by atoms with Crippen LogP contribution >= 0.6 is 0 Å². The maximum atomic E-state index is 12.3. The van der Waals surface area contributed by atoms with Crippen LogP contribution in [0.3, 0.4) is 0 Å². The van der Waals surface area contributed by atoms with Crippen molar-refractivity contribution in [3.8, 4) is 11.1 Å². The highest BCUT2D eigenvalue weighted by Gasteiger charge is 2.29. The molecule has 0 fully saturated rings. The van der Waals surface area contributed by atoms with Crippen LogP contribution in [0.1, 0.15) is 44.2 Å². The first-order valence-electron chi connectivity index (χ1n) is 20.0. The van der Waals surface area contributed by atoms with E-state index < -0.39 is 11.7 Å². The van der Waals surface area contributed by atoms with Crippen molar-refractivity contribution in [1.82, 2.24) is 10.2 Å². The maximum absolute atomic E-state index is 12.3. The number of ether oxygens (including phenoxy) is 11. The first-order chi connectivity index (χ1) is 27.8. The summed E-state index contributed by atoms with van der Waals surface area (Å²) in [7, 11) is 1.68. The second kappa shape index (κ2) is 29.8. The number of carbonyl (C=O) groups is 2. The lowest BCUT2D eigenvalue weighted by Crippen LogP contribution is -2.36. The van der Waals surface area contributed by atoms with Gasteiger partial charge in [-0.2, -0.15) is 0 Å². The van der Waals surface area contributed by atoms with Crippen molar-refractivity contribution in [1.29, 1.82) is 0 Å². The first kappa shape index (κ1) is 48.0. The van der Waals surface area contributed by atoms with Gasteiger partial charge in [0.15, 0.2) is 0 Å². The average molecular weight is 807 g/mol. The molecular weight excluding hydrogens is 740 g/mol. The molecule has 0 unspecified atom stereocenters. The number of carbonyl (C=O) groups excluding carboxylic acids is 2. The molecule has 322 valence electrons. The SMILES string of the molecule is CN(CCOCCOCCOCCOCCOCCOCCOCCOCCOCCCNC(=O)OCC1c2ccccc2-c2ccccc21)C(=O)OC(C)(C)C. The van der Waals surface area contributed by atoms with Gasteiger partial charge in [0.25, 0.3) is 0 Å². The molecule has 0 radical (unpaired) electrons. The Labute approximate surface area is 338 Å². The minimum atomic E-state index is -0.515. The van der Waals surface area contributed by atoms with Gasteiger partial charge in [0.05, 0.1) is 112 Å². The Morgan fingerprint density at radius 1 is 0.561 bits per heavy atom. The Hall–Kier alpha value is -3.38. The van der Waals surface area contributed by atoms with Gasteiger partial charge < -0.3 is 62.3 Å². The topological polar surface area (TPSA) is 151 Å². The van der Waals surface area contributed by atoms with Gasteiger partial charge in [-0.05, 0) is 49.4 Å². The lowest BCUT2D eigenvalue weighted by atomic mass is 9.98. The largest absolute Gasteiger partial charge is 0.449 e. The summed E-state index contributed by atoms with van der Waals surface area (Å²) in [5, 5.41) is 2.80. The number of alkyl carbamates (subject to hydrolysis) is 1. The standard InChI is InChI=1S/C42H66N2O13/c1-42(2,3)57-41(46)44(4)15-17-48-19-21-50-23-25-52-27-29-54-31-33-55-32-30-53-28-26-51-24-22-49-20-18-47-16-9-14-43-40(45)56-34-39-37-12-7-5-10-35(37)36-11-6-8-13-38(36)39/h5-8,10-13,39H,9,14-34H2,1-4H3,(H,43,45). The molecule has 0 bridgehead atoms. The molecule has 57 heavy (non-hydrogen) atoms. The predicted molar refractivity (Wildman–Crippen MR) is 214 cm³/mol. The molecule has 15 heteroatoms. The van der Waals surface area contributed by atoms with Crippen molar-refractivity contribution in [3.05, 3.63) is 59.7 Å². The number of nitrogens with zero attached hydrogens (tertiary/aromatic N) is 1. The number of hydrogen-bond donors (Lipinski definition) is 1. The van der Waals surface area contributed by atoms with Crippen LogP contribution in [0.25, 0.3) is 11.1 Å². The molecule has 1 aliphatic carbocycles. The van der Waals surface area contributed by atoms with Crippen LogP contribution in [0.2, 0.25) is 0 Å². The Bertz CT molecular complexity index is 1310. The van der Waals surface area contributed by atoms with E-state index in [-0.39, 0.29) is 12.0 Å². The normalized spacial score (nSPS) is 12.4. The van der Waals surface area contributed by atoms with Crippen LogP contribution in [-0.2, 0) is 52.1 Å². The van der Waals surface area contributed by atoms with E-state index in [2.05, 4.69) is 29.6 Å². The number of benzene rings is 2. The van der Waals surface area contributed by atoms with E-state index in [1.807, 2.05) is 45.0 Å². The number of amides is 2. The highest BCUT2D eigenvalue weighted by molar-refractivity contribution is 5.79. The molecule has 0 spiro atoms. The minimum absolute atomic E-state index is 0.0460. The Morgan fingerprint density at radius 2 is 0.930 bits per heavy atom. The highest BCUT2D eigenvalue weighted by Crippen LogP contribution is 2.44. The second-order valence-electron chi connectivity index (χ2n) is 14.0. The molecule has 1 aliphatic rings. The molecule has 0 heterocycles. The lowest BCUT2D eigenvalue weighted by molar-refractivity contribution is -0.0254. The van der Waals surface area contributed by atoms with E-state index >= 15 is 0 Å². The summed E-state index contributed by atoms with van der Waals surface area (Å²) in [5.74, 6) is 0.0460. The van der Waals surface area contributed by atoms with Gasteiger partial charge in [-0.1, -0.05) is 48.5 Å². The monoisotopic (exact) mass is 806 g/mol. The van der Waals surface area contributed by atoms with Gasteiger partial charge in [-0.25, -0.2) is 9.59 Å². The predicted octanol–water partition coefficient (Wildman–Crippen LogP) is 4.93. The van der Waals surface area contributed by atoms with Crippen molar-refractivity contribution >= 4 is 12.2 Å². The molecule has 2 aromatic rings. The molecule has 0 saturated heterocycles. The van der Waals surface area contributed by atoms with E-state index in [1.165, 1.54) is 27.2 Å². The van der Waals surface area contributed by atoms with Crippen molar-refractivity contribution in [2.75, 3.05) is 146 Å². The van der Waals surface area contributed by atoms with Crippen LogP contribution in [0.4, 0.5) is 9.59 Å². The van der Waals surface area contributed by atoms with Crippen LogP contribution < -0.4 is 5.32 Å². The third-order valence-corrected chi connectivity index (χ3v) is 8.33. The summed E-state index contributed by atoms with van der Waals surface area (Å²) in [6.07, 6.45) is -0.106. The summed E-state index contributed by atoms with van der Waals surface area (Å²) >= 11 is 0. The Morgan fingerprint density at radius 3 is 1.33 bits per heavy atom. The van der Waals surface area contributed by atoms with Gasteiger partial charge in [0, 0.05) is 32.7 Å². The zero-order chi connectivity index (χ0) is 40.8. The highest BCUT2D eigenvalue weighted by atomic mass is 16.6. The Balaban J connectivity index is 0.953. The molecule has 15 nitrogen and oxygen atoms in total. The molecule has 0 saturated carbocycles. The number of nitrogens with one attached hydrogen (secondary N) is 1. The summed E-state index contributed by atoms with van der Waals surface area (Å²) < 4.78 is 60.4. The summed E-state index contributed by atoms with van der Waals surface area (Å²) in [5.41, 5.74) is 4.28. The fourth-order valence-electron chi connectivity index (χ4n) is 5.51. The maximum Gasteiger partial charge on any atom is 0.410 e. The average Bonchev–Trinajstić information content (AvgIpc) is 3.51. The quantitative estimate of drug-likeness (QED) is 0.0973. The van der Waals surface area contributed by atoms with Crippen molar-refractivity contribution in [2.24, 2.45) is 0 Å². The van der Waals surface area contributed by atoms with E-state index in [0.717, 1.165) is 0 Å². The third-order valence-electron chi connectivity index (χ3n) is 8.33. The molecule has 0 aliphatic heterocycles. The van der Waals surface area contributed by atoms with Crippen molar-refractivity contribution in [3.63, 3.8) is 0 Å². The zero-order valence-electron chi connectivity index (χ0n) is 34.5. The van der Waals surface area contributed by atoms with Gasteiger partial charge in [0.1, 0.15) is 12.2 Å². The first-order valence-corrected chi connectivity index (χ1v) is 20.0.